The molecule has 0 aromatic rings. The Labute approximate surface area is 43.3 Å². The van der Waals surface area contributed by atoms with Gasteiger partial charge in [-0.25, -0.2) is 0 Å². The van der Waals surface area contributed by atoms with Gasteiger partial charge in [-0.3, -0.25) is 4.70 Å². The van der Waals surface area contributed by atoms with Gasteiger partial charge in [-0.05, 0) is 9.47 Å². The average molecular weight is 153 g/mol. The summed E-state index contributed by atoms with van der Waals surface area (Å²) in [6, 6.07) is 0. The van der Waals surface area contributed by atoms with Crippen LogP contribution in [-0.4, -0.2) is 4.89 Å². The number of rotatable bonds is 0. The summed E-state index contributed by atoms with van der Waals surface area (Å²) in [4.78, 5) is 6.92. The van der Waals surface area contributed by atoms with Gasteiger partial charge >= 0.3 is 23.5 Å². The fraction of sp³-hybridized carbons (Fsp3) is 0. The van der Waals surface area contributed by atoms with Gasteiger partial charge in [-0.1, -0.05) is 0 Å². The van der Waals surface area contributed by atoms with E-state index in [1.165, 1.54) is 9.47 Å². The zero-order valence-electron chi connectivity index (χ0n) is 2.70. The van der Waals surface area contributed by atoms with Crippen molar-refractivity contribution < 1.29 is 33.1 Å². The van der Waals surface area contributed by atoms with Gasteiger partial charge in [-0.15, -0.1) is 0 Å². The van der Waals surface area contributed by atoms with Crippen molar-refractivity contribution in [3.63, 3.8) is 0 Å². The average Bonchev–Trinajstić information content (AvgIpc) is 1.46. The van der Waals surface area contributed by atoms with E-state index in [0.717, 1.165) is 0 Å². The standard InChI is InChI=1S/FH.H3OP.2O.V/c;1-2;;;/h1H;1H,2H2;;;. The molecule has 0 bridgehead atoms. The summed E-state index contributed by atoms with van der Waals surface area (Å²) in [6.45, 7) is 0. The molecule has 1 atom stereocenters. The Balaban J connectivity index is -0.0000000275. The third-order valence-corrected chi connectivity index (χ3v) is 0. The van der Waals surface area contributed by atoms with Crippen LogP contribution in [-0.2, 0) is 23.5 Å². The first-order valence-corrected chi connectivity index (χ1v) is 2.28. The Kier molecular flexibility index (Phi) is 132. The second-order valence-corrected chi connectivity index (χ2v) is 0.307. The van der Waals surface area contributed by atoms with Gasteiger partial charge in [0.1, 0.15) is 0 Å². The molecule has 1 N–H and O–H groups in total. The molecule has 6 heavy (non-hydrogen) atoms. The second kappa shape index (κ2) is 49.3. The van der Waals surface area contributed by atoms with E-state index >= 15 is 0 Å². The quantitative estimate of drug-likeness (QED) is 0.485. The van der Waals surface area contributed by atoms with Gasteiger partial charge in [0.2, 0.25) is 0 Å². The SMILES string of the molecule is F.OP.[O]=[V]=[O]. The van der Waals surface area contributed by atoms with Crippen molar-refractivity contribution in [1.29, 1.82) is 0 Å². The summed E-state index contributed by atoms with van der Waals surface area (Å²) in [7, 11) is 1.42. The first kappa shape index (κ1) is 16.0. The van der Waals surface area contributed by atoms with Crippen LogP contribution in [0.3, 0.4) is 0 Å². The summed E-state index contributed by atoms with van der Waals surface area (Å²) in [5.74, 6) is 0. The summed E-state index contributed by atoms with van der Waals surface area (Å²) in [5, 5.41) is 0. The van der Waals surface area contributed by atoms with E-state index in [-0.39, 0.29) is 4.70 Å². The van der Waals surface area contributed by atoms with Crippen molar-refractivity contribution in [2.24, 2.45) is 0 Å². The fourth-order valence-electron chi connectivity index (χ4n) is 0. The van der Waals surface area contributed by atoms with E-state index in [9.17, 15) is 0 Å². The molecular weight excluding hydrogens is 149 g/mol. The summed E-state index contributed by atoms with van der Waals surface area (Å²) < 4.78 is 16.9. The van der Waals surface area contributed by atoms with Crippen molar-refractivity contribution in [1.82, 2.24) is 0 Å². The van der Waals surface area contributed by atoms with Crippen LogP contribution in [0, 0.1) is 0 Å². The van der Waals surface area contributed by atoms with Crippen molar-refractivity contribution in [2.45, 2.75) is 0 Å². The Bertz CT molecular complexity index is 31.8. The molecule has 1 unspecified atom stereocenters. The Morgan fingerprint density at radius 1 is 1.33 bits per heavy atom. The molecule has 0 aromatic carbocycles. The van der Waals surface area contributed by atoms with Gasteiger partial charge in [0.15, 0.2) is 0 Å². The molecule has 0 radical (unpaired) electrons. The fourth-order valence-corrected chi connectivity index (χ4v) is 0. The molecular formula is H4FO3PV. The molecule has 3 nitrogen and oxygen atoms in total. The molecule has 0 aliphatic heterocycles. The van der Waals surface area contributed by atoms with E-state index in [1.54, 1.807) is 0 Å². The van der Waals surface area contributed by atoms with Crippen LogP contribution in [0.4, 0.5) is 4.70 Å². The van der Waals surface area contributed by atoms with Crippen LogP contribution in [0.25, 0.3) is 0 Å². The molecule has 39 valence electrons. The summed E-state index contributed by atoms with van der Waals surface area (Å²) in [6.07, 6.45) is 0. The van der Waals surface area contributed by atoms with Crippen molar-refractivity contribution in [3.8, 4) is 0 Å². The van der Waals surface area contributed by atoms with Crippen molar-refractivity contribution in [3.05, 3.63) is 0 Å². The Morgan fingerprint density at radius 3 is 1.33 bits per heavy atom. The molecule has 0 aromatic heterocycles. The monoisotopic (exact) mass is 153 g/mol. The number of hydrogen-bond donors (Lipinski definition) is 1. The van der Waals surface area contributed by atoms with Gasteiger partial charge in [0, 0.05) is 0 Å². The van der Waals surface area contributed by atoms with Crippen LogP contribution in [0.2, 0.25) is 0 Å². The second-order valence-electron chi connectivity index (χ2n) is 0.0745. The van der Waals surface area contributed by atoms with Gasteiger partial charge < -0.3 is 4.89 Å². The minimum atomic E-state index is -1.81. The third-order valence-electron chi connectivity index (χ3n) is 0. The zero-order valence-corrected chi connectivity index (χ0v) is 5.25. The Morgan fingerprint density at radius 2 is 1.33 bits per heavy atom. The number of hydrogen-bond acceptors (Lipinski definition) is 3. The number of halogens is 1. The normalized spacial score (nSPS) is 2.33. The topological polar surface area (TPSA) is 54.4 Å². The molecule has 0 heterocycles. The molecule has 6 heteroatoms. The third kappa shape index (κ3) is 217. The first-order valence-electron chi connectivity index (χ1n) is 0.623. The molecule has 0 aliphatic rings. The minimum absolute atomic E-state index is 0. The molecule has 0 fully saturated rings. The predicted octanol–water partition coefficient (Wildman–Crippen LogP) is -0.319. The van der Waals surface area contributed by atoms with Gasteiger partial charge in [-0.2, -0.15) is 0 Å². The zero-order chi connectivity index (χ0) is 4.71. The van der Waals surface area contributed by atoms with Crippen LogP contribution >= 0.6 is 9.47 Å². The van der Waals surface area contributed by atoms with E-state index in [1.807, 2.05) is 0 Å². The molecule has 0 rings (SSSR count). The van der Waals surface area contributed by atoms with E-state index in [2.05, 4.69) is 0 Å². The predicted molar refractivity (Wildman–Crippen MR) is 15.8 cm³/mol. The van der Waals surface area contributed by atoms with Gasteiger partial charge in [0.05, 0.1) is 0 Å². The van der Waals surface area contributed by atoms with E-state index < -0.39 is 16.2 Å². The molecule has 0 spiro atoms. The van der Waals surface area contributed by atoms with Crippen LogP contribution in [0.5, 0.6) is 0 Å². The molecule has 0 amide bonds. The van der Waals surface area contributed by atoms with Gasteiger partial charge in [0.25, 0.3) is 0 Å². The van der Waals surface area contributed by atoms with Crippen LogP contribution < -0.4 is 0 Å². The van der Waals surface area contributed by atoms with E-state index in [4.69, 9.17) is 12.2 Å². The van der Waals surface area contributed by atoms with Crippen LogP contribution in [0.15, 0.2) is 0 Å². The summed E-state index contributed by atoms with van der Waals surface area (Å²) in [5.41, 5.74) is 0. The maximum atomic E-state index is 8.47. The molecule has 0 saturated carbocycles. The van der Waals surface area contributed by atoms with Crippen molar-refractivity contribution >= 4 is 9.47 Å². The first-order chi connectivity index (χ1) is 2.41. The maximum absolute atomic E-state index is 8.47. The molecule has 0 saturated heterocycles. The van der Waals surface area contributed by atoms with Crippen molar-refractivity contribution in [2.75, 3.05) is 0 Å². The van der Waals surface area contributed by atoms with Crippen LogP contribution in [0.1, 0.15) is 0 Å². The Hall–Kier alpha value is 0.504. The van der Waals surface area contributed by atoms with E-state index in [0.29, 0.717) is 0 Å². The summed E-state index contributed by atoms with van der Waals surface area (Å²) >= 11 is -1.81. The molecule has 0 aliphatic carbocycles.